The van der Waals surface area contributed by atoms with Gasteiger partial charge in [0.15, 0.2) is 0 Å². The van der Waals surface area contributed by atoms with Gasteiger partial charge >= 0.3 is 0 Å². The molecule has 3 rings (SSSR count). The molecular weight excluding hydrogens is 335 g/mol. The summed E-state index contributed by atoms with van der Waals surface area (Å²) in [5, 5.41) is 3.35. The molecule has 118 valence electrons. The molecule has 0 saturated carbocycles. The Morgan fingerprint density at radius 3 is 2.87 bits per heavy atom. The summed E-state index contributed by atoms with van der Waals surface area (Å²) < 4.78 is 5.72. The summed E-state index contributed by atoms with van der Waals surface area (Å²) in [7, 11) is 0. The Balaban J connectivity index is 2.12. The van der Waals surface area contributed by atoms with Crippen molar-refractivity contribution in [2.75, 3.05) is 24.3 Å². The van der Waals surface area contributed by atoms with Crippen LogP contribution in [0.5, 0.6) is 5.75 Å². The van der Waals surface area contributed by atoms with Crippen molar-refractivity contribution >= 4 is 40.5 Å². The molecule has 0 radical (unpaired) electrons. The van der Waals surface area contributed by atoms with Crippen LogP contribution in [0.1, 0.15) is 11.1 Å². The number of rotatable bonds is 3. The normalized spacial score (nSPS) is 13.4. The SMILES string of the molecule is O=C(CCl)Nc1ccc(Cl)cc1C1=NCCOc2ccccc21. The first-order valence-corrected chi connectivity index (χ1v) is 8.02. The van der Waals surface area contributed by atoms with Gasteiger partial charge in [0.25, 0.3) is 0 Å². The van der Waals surface area contributed by atoms with Crippen molar-refractivity contribution in [3.63, 3.8) is 0 Å². The van der Waals surface area contributed by atoms with E-state index in [9.17, 15) is 4.79 Å². The molecule has 0 fully saturated rings. The number of amides is 1. The van der Waals surface area contributed by atoms with Crippen molar-refractivity contribution in [3.8, 4) is 5.75 Å². The van der Waals surface area contributed by atoms with E-state index < -0.39 is 0 Å². The maximum atomic E-state index is 11.7. The molecule has 4 nitrogen and oxygen atoms in total. The van der Waals surface area contributed by atoms with Crippen LogP contribution in [0.2, 0.25) is 5.02 Å². The maximum absolute atomic E-state index is 11.7. The first-order valence-electron chi connectivity index (χ1n) is 7.11. The van der Waals surface area contributed by atoms with E-state index in [-0.39, 0.29) is 11.8 Å². The number of hydrogen-bond donors (Lipinski definition) is 1. The molecule has 2 aromatic carbocycles. The molecule has 0 saturated heterocycles. The highest BCUT2D eigenvalue weighted by Gasteiger charge is 2.19. The van der Waals surface area contributed by atoms with Gasteiger partial charge in [0.1, 0.15) is 18.2 Å². The van der Waals surface area contributed by atoms with Gasteiger partial charge in [-0.15, -0.1) is 11.6 Å². The van der Waals surface area contributed by atoms with E-state index in [2.05, 4.69) is 10.3 Å². The van der Waals surface area contributed by atoms with Crippen LogP contribution in [0.15, 0.2) is 47.5 Å². The lowest BCUT2D eigenvalue weighted by Crippen LogP contribution is -2.16. The number of nitrogens with one attached hydrogen (secondary N) is 1. The number of benzene rings is 2. The van der Waals surface area contributed by atoms with Crippen molar-refractivity contribution in [3.05, 3.63) is 58.6 Å². The average Bonchev–Trinajstić information content (AvgIpc) is 2.78. The molecule has 1 N–H and O–H groups in total. The zero-order valence-corrected chi connectivity index (χ0v) is 13.7. The predicted molar refractivity (Wildman–Crippen MR) is 93.2 cm³/mol. The minimum absolute atomic E-state index is 0.117. The lowest BCUT2D eigenvalue weighted by atomic mass is 9.99. The Kier molecular flexibility index (Phi) is 4.84. The fraction of sp³-hybridized carbons (Fsp3) is 0.176. The molecule has 0 spiro atoms. The number of fused-ring (bicyclic) bond motifs is 1. The largest absolute Gasteiger partial charge is 0.491 e. The summed E-state index contributed by atoms with van der Waals surface area (Å²) in [5.41, 5.74) is 2.98. The van der Waals surface area contributed by atoms with Crippen molar-refractivity contribution in [2.45, 2.75) is 0 Å². The molecule has 1 aliphatic rings. The van der Waals surface area contributed by atoms with Gasteiger partial charge in [-0.2, -0.15) is 0 Å². The molecule has 1 aliphatic heterocycles. The van der Waals surface area contributed by atoms with E-state index in [1.54, 1.807) is 18.2 Å². The third kappa shape index (κ3) is 3.49. The molecule has 1 amide bonds. The van der Waals surface area contributed by atoms with Crippen molar-refractivity contribution in [1.29, 1.82) is 0 Å². The van der Waals surface area contributed by atoms with Crippen LogP contribution in [-0.2, 0) is 4.79 Å². The van der Waals surface area contributed by atoms with E-state index in [1.165, 1.54) is 0 Å². The second kappa shape index (κ2) is 7.02. The third-order valence-corrected chi connectivity index (χ3v) is 3.87. The lowest BCUT2D eigenvalue weighted by molar-refractivity contribution is -0.113. The predicted octanol–water partition coefficient (Wildman–Crippen LogP) is 3.75. The van der Waals surface area contributed by atoms with Gasteiger partial charge in [0.2, 0.25) is 5.91 Å². The Morgan fingerprint density at radius 1 is 1.22 bits per heavy atom. The second-order valence-electron chi connectivity index (χ2n) is 4.95. The van der Waals surface area contributed by atoms with Crippen LogP contribution in [0, 0.1) is 0 Å². The van der Waals surface area contributed by atoms with Gasteiger partial charge in [0, 0.05) is 16.1 Å². The Morgan fingerprint density at radius 2 is 2.04 bits per heavy atom. The van der Waals surface area contributed by atoms with E-state index in [0.717, 1.165) is 22.6 Å². The average molecular weight is 349 g/mol. The van der Waals surface area contributed by atoms with Gasteiger partial charge in [-0.1, -0.05) is 23.7 Å². The van der Waals surface area contributed by atoms with Crippen LogP contribution in [-0.4, -0.2) is 30.7 Å². The summed E-state index contributed by atoms with van der Waals surface area (Å²) >= 11 is 11.7. The molecule has 0 bridgehead atoms. The third-order valence-electron chi connectivity index (χ3n) is 3.39. The van der Waals surface area contributed by atoms with Crippen LogP contribution in [0.4, 0.5) is 5.69 Å². The highest BCUT2D eigenvalue weighted by Crippen LogP contribution is 2.29. The smallest absolute Gasteiger partial charge is 0.239 e. The molecule has 0 aromatic heterocycles. The van der Waals surface area contributed by atoms with Gasteiger partial charge < -0.3 is 10.1 Å². The topological polar surface area (TPSA) is 50.7 Å². The summed E-state index contributed by atoms with van der Waals surface area (Å²) in [6.07, 6.45) is 0. The second-order valence-corrected chi connectivity index (χ2v) is 5.65. The molecule has 0 aliphatic carbocycles. The van der Waals surface area contributed by atoms with Crippen LogP contribution >= 0.6 is 23.2 Å². The standard InChI is InChI=1S/C17H14Cl2N2O2/c18-10-16(22)21-14-6-5-11(19)9-13(14)17-12-3-1-2-4-15(12)23-8-7-20-17/h1-6,9H,7-8,10H2,(H,21,22). The maximum Gasteiger partial charge on any atom is 0.239 e. The number of alkyl halides is 1. The zero-order chi connectivity index (χ0) is 16.2. The molecule has 1 heterocycles. The van der Waals surface area contributed by atoms with E-state index in [0.29, 0.717) is 23.9 Å². The number of carbonyl (C=O) groups is 1. The van der Waals surface area contributed by atoms with Gasteiger partial charge in [-0.3, -0.25) is 9.79 Å². The molecule has 0 unspecified atom stereocenters. The molecule has 0 atom stereocenters. The summed E-state index contributed by atoms with van der Waals surface area (Å²) in [6.45, 7) is 1.03. The van der Waals surface area contributed by atoms with E-state index >= 15 is 0 Å². The number of halogens is 2. The van der Waals surface area contributed by atoms with Crippen LogP contribution in [0.25, 0.3) is 0 Å². The quantitative estimate of drug-likeness (QED) is 0.858. The van der Waals surface area contributed by atoms with Crippen LogP contribution in [0.3, 0.4) is 0 Å². The number of nitrogens with zero attached hydrogens (tertiary/aromatic N) is 1. The first-order chi connectivity index (χ1) is 11.2. The number of ether oxygens (including phenoxy) is 1. The fourth-order valence-corrected chi connectivity index (χ4v) is 2.66. The van der Waals surface area contributed by atoms with Crippen molar-refractivity contribution in [1.82, 2.24) is 0 Å². The lowest BCUT2D eigenvalue weighted by Gasteiger charge is -2.14. The summed E-state index contributed by atoms with van der Waals surface area (Å²) in [5.74, 6) is 0.362. The van der Waals surface area contributed by atoms with Crippen molar-refractivity contribution < 1.29 is 9.53 Å². The number of carbonyl (C=O) groups excluding carboxylic acids is 1. The fourth-order valence-electron chi connectivity index (χ4n) is 2.42. The molecule has 23 heavy (non-hydrogen) atoms. The highest BCUT2D eigenvalue weighted by molar-refractivity contribution is 6.32. The number of hydrogen-bond acceptors (Lipinski definition) is 3. The van der Waals surface area contributed by atoms with E-state index in [4.69, 9.17) is 27.9 Å². The van der Waals surface area contributed by atoms with Gasteiger partial charge in [-0.05, 0) is 30.3 Å². The van der Waals surface area contributed by atoms with Crippen LogP contribution < -0.4 is 10.1 Å². The Labute approximate surface area is 144 Å². The number of anilines is 1. The molecule has 6 heteroatoms. The Bertz CT molecular complexity index is 775. The minimum Gasteiger partial charge on any atom is -0.491 e. The van der Waals surface area contributed by atoms with Crippen molar-refractivity contribution in [2.24, 2.45) is 4.99 Å². The molecule has 2 aromatic rings. The summed E-state index contributed by atoms with van der Waals surface area (Å²) in [4.78, 5) is 16.3. The zero-order valence-electron chi connectivity index (χ0n) is 12.2. The first kappa shape index (κ1) is 15.8. The number of para-hydroxylation sites is 1. The Hall–Kier alpha value is -2.04. The highest BCUT2D eigenvalue weighted by atomic mass is 35.5. The molecular formula is C17H14Cl2N2O2. The minimum atomic E-state index is -0.283. The number of aliphatic imine (C=N–C) groups is 1. The summed E-state index contributed by atoms with van der Waals surface area (Å²) in [6, 6.07) is 12.9. The van der Waals surface area contributed by atoms with E-state index in [1.807, 2.05) is 24.3 Å². The van der Waals surface area contributed by atoms with Gasteiger partial charge in [0.05, 0.1) is 17.9 Å². The van der Waals surface area contributed by atoms with Gasteiger partial charge in [-0.25, -0.2) is 0 Å². The monoisotopic (exact) mass is 348 g/mol.